The highest BCUT2D eigenvalue weighted by molar-refractivity contribution is 7.11. The van der Waals surface area contributed by atoms with Gasteiger partial charge in [-0.15, -0.1) is 11.3 Å². The smallest absolute Gasteiger partial charge is 0.242 e. The zero-order valence-electron chi connectivity index (χ0n) is 13.9. The van der Waals surface area contributed by atoms with Gasteiger partial charge in [-0.2, -0.15) is 16.4 Å². The van der Waals surface area contributed by atoms with E-state index in [0.29, 0.717) is 0 Å². The van der Waals surface area contributed by atoms with E-state index in [1.165, 1.54) is 10.4 Å². The van der Waals surface area contributed by atoms with E-state index in [1.807, 2.05) is 20.0 Å². The van der Waals surface area contributed by atoms with Crippen molar-refractivity contribution in [2.45, 2.75) is 39.8 Å². The molecule has 0 saturated carbocycles. The van der Waals surface area contributed by atoms with Crippen LogP contribution in [0.3, 0.4) is 0 Å². The highest BCUT2D eigenvalue weighted by Crippen LogP contribution is 2.26. The summed E-state index contributed by atoms with van der Waals surface area (Å²) in [6, 6.07) is 1.98. The molecular formula is C17H20N4OS2. The highest BCUT2D eigenvalue weighted by atomic mass is 32.1. The van der Waals surface area contributed by atoms with Crippen LogP contribution in [0, 0.1) is 20.8 Å². The molecule has 0 fully saturated rings. The molecule has 0 aliphatic carbocycles. The Bertz CT molecular complexity index is 800. The summed E-state index contributed by atoms with van der Waals surface area (Å²) in [6.07, 6.45) is 4.37. The maximum absolute atomic E-state index is 12.4. The zero-order chi connectivity index (χ0) is 17.1. The van der Waals surface area contributed by atoms with Gasteiger partial charge in [0.25, 0.3) is 0 Å². The summed E-state index contributed by atoms with van der Waals surface area (Å²) >= 11 is 3.32. The Morgan fingerprint density at radius 1 is 1.38 bits per heavy atom. The average molecular weight is 361 g/mol. The normalized spacial score (nSPS) is 12.3. The molecule has 0 radical (unpaired) electrons. The van der Waals surface area contributed by atoms with Gasteiger partial charge in [0.15, 0.2) is 0 Å². The fourth-order valence-electron chi connectivity index (χ4n) is 2.43. The molecule has 3 aromatic rings. The van der Waals surface area contributed by atoms with Crippen molar-refractivity contribution in [3.05, 3.63) is 55.9 Å². The maximum Gasteiger partial charge on any atom is 0.242 e. The average Bonchev–Trinajstić information content (AvgIpc) is 3.23. The van der Waals surface area contributed by atoms with Gasteiger partial charge in [0.05, 0.1) is 17.9 Å². The first-order chi connectivity index (χ1) is 11.5. The molecule has 1 atom stereocenters. The van der Waals surface area contributed by atoms with Crippen LogP contribution < -0.4 is 5.32 Å². The predicted octanol–water partition coefficient (Wildman–Crippen LogP) is 3.43. The lowest BCUT2D eigenvalue weighted by Gasteiger charge is -2.16. The van der Waals surface area contributed by atoms with E-state index in [4.69, 9.17) is 0 Å². The summed E-state index contributed by atoms with van der Waals surface area (Å²) in [7, 11) is 0. The Labute approximate surface area is 149 Å². The van der Waals surface area contributed by atoms with Crippen LogP contribution in [0.5, 0.6) is 0 Å². The molecule has 0 aliphatic rings. The number of carbonyl (C=O) groups is 1. The molecule has 126 valence electrons. The van der Waals surface area contributed by atoms with E-state index in [0.717, 1.165) is 22.7 Å². The van der Waals surface area contributed by atoms with Crippen molar-refractivity contribution >= 4 is 28.6 Å². The Hall–Kier alpha value is -1.99. The van der Waals surface area contributed by atoms with Crippen LogP contribution in [0.4, 0.5) is 0 Å². The molecular weight excluding hydrogens is 340 g/mol. The van der Waals surface area contributed by atoms with E-state index >= 15 is 0 Å². The second-order valence-corrected chi connectivity index (χ2v) is 7.88. The molecule has 0 spiro atoms. The van der Waals surface area contributed by atoms with Gasteiger partial charge in [-0.25, -0.2) is 4.98 Å². The van der Waals surface area contributed by atoms with Gasteiger partial charge in [0, 0.05) is 17.5 Å². The number of nitrogens with zero attached hydrogens (tertiary/aromatic N) is 3. The lowest BCUT2D eigenvalue weighted by molar-refractivity contribution is -0.122. The number of amides is 1. The number of nitrogens with one attached hydrogen (secondary N) is 1. The van der Waals surface area contributed by atoms with E-state index in [2.05, 4.69) is 39.1 Å². The Morgan fingerprint density at radius 3 is 2.79 bits per heavy atom. The van der Waals surface area contributed by atoms with Gasteiger partial charge < -0.3 is 5.32 Å². The number of aromatic nitrogens is 3. The number of rotatable bonds is 6. The molecule has 5 nitrogen and oxygen atoms in total. The van der Waals surface area contributed by atoms with Crippen molar-refractivity contribution in [2.75, 3.05) is 0 Å². The quantitative estimate of drug-likeness (QED) is 0.733. The molecule has 0 saturated heterocycles. The third-order valence-corrected chi connectivity index (χ3v) is 5.68. The van der Waals surface area contributed by atoms with Crippen molar-refractivity contribution in [3.63, 3.8) is 0 Å². The molecule has 0 bridgehead atoms. The van der Waals surface area contributed by atoms with Crippen LogP contribution >= 0.6 is 22.7 Å². The summed E-state index contributed by atoms with van der Waals surface area (Å²) < 4.78 is 1.66. The van der Waals surface area contributed by atoms with Crippen LogP contribution in [-0.4, -0.2) is 20.7 Å². The largest absolute Gasteiger partial charge is 0.345 e. The van der Waals surface area contributed by atoms with Gasteiger partial charge in [-0.3, -0.25) is 9.48 Å². The third-order valence-electron chi connectivity index (χ3n) is 3.77. The molecule has 3 rings (SSSR count). The number of thiophene rings is 1. The fraction of sp³-hybridized carbons (Fsp3) is 0.353. The molecule has 1 amide bonds. The standard InChI is InChI=1S/C17H20N4OS2/c1-11-7-18-21(8-11)9-16(22)20-15(6-14-4-5-23-10-14)17-19-12(2)13(3)24-17/h4-5,7-8,10,15H,6,9H2,1-3H3,(H,20,22)/t15-/m1/s1. The number of hydrogen-bond donors (Lipinski definition) is 1. The van der Waals surface area contributed by atoms with Gasteiger partial charge in [0.1, 0.15) is 11.6 Å². The van der Waals surface area contributed by atoms with Crippen LogP contribution in [-0.2, 0) is 17.8 Å². The van der Waals surface area contributed by atoms with E-state index in [1.54, 1.807) is 33.6 Å². The maximum atomic E-state index is 12.4. The Morgan fingerprint density at radius 2 is 2.21 bits per heavy atom. The number of hydrogen-bond acceptors (Lipinski definition) is 5. The first-order valence-corrected chi connectivity index (χ1v) is 9.50. The lowest BCUT2D eigenvalue weighted by Crippen LogP contribution is -2.32. The second-order valence-electron chi connectivity index (χ2n) is 5.86. The van der Waals surface area contributed by atoms with Crippen molar-refractivity contribution in [3.8, 4) is 0 Å². The lowest BCUT2D eigenvalue weighted by atomic mass is 10.1. The molecule has 24 heavy (non-hydrogen) atoms. The topological polar surface area (TPSA) is 59.8 Å². The van der Waals surface area contributed by atoms with Crippen molar-refractivity contribution < 1.29 is 4.79 Å². The van der Waals surface area contributed by atoms with Gasteiger partial charge >= 0.3 is 0 Å². The van der Waals surface area contributed by atoms with Gasteiger partial charge in [-0.05, 0) is 48.7 Å². The third kappa shape index (κ3) is 4.10. The number of carbonyl (C=O) groups excluding carboxylic acids is 1. The van der Waals surface area contributed by atoms with Crippen molar-refractivity contribution in [1.82, 2.24) is 20.1 Å². The summed E-state index contributed by atoms with van der Waals surface area (Å²) in [5.41, 5.74) is 3.29. The minimum Gasteiger partial charge on any atom is -0.345 e. The Balaban J connectivity index is 1.74. The van der Waals surface area contributed by atoms with Crippen LogP contribution in [0.2, 0.25) is 0 Å². The van der Waals surface area contributed by atoms with Gasteiger partial charge in [0.2, 0.25) is 5.91 Å². The van der Waals surface area contributed by atoms with E-state index in [9.17, 15) is 4.79 Å². The minimum atomic E-state index is -0.110. The molecule has 0 unspecified atom stereocenters. The summed E-state index contributed by atoms with van der Waals surface area (Å²) in [6.45, 7) is 6.25. The monoisotopic (exact) mass is 360 g/mol. The molecule has 0 aliphatic heterocycles. The van der Waals surface area contributed by atoms with Crippen molar-refractivity contribution in [2.24, 2.45) is 0 Å². The summed E-state index contributed by atoms with van der Waals surface area (Å²) in [5, 5.41) is 12.4. The molecule has 0 aromatic carbocycles. The number of thiazole rings is 1. The van der Waals surface area contributed by atoms with E-state index < -0.39 is 0 Å². The SMILES string of the molecule is Cc1cnn(CC(=O)N[C@H](Cc2ccsc2)c2nc(C)c(C)s2)c1. The zero-order valence-corrected chi connectivity index (χ0v) is 15.6. The first kappa shape index (κ1) is 16.9. The van der Waals surface area contributed by atoms with Crippen LogP contribution in [0.15, 0.2) is 29.2 Å². The second kappa shape index (κ2) is 7.27. The van der Waals surface area contributed by atoms with Crippen molar-refractivity contribution in [1.29, 1.82) is 0 Å². The van der Waals surface area contributed by atoms with Crippen LogP contribution in [0.1, 0.15) is 32.7 Å². The molecule has 1 N–H and O–H groups in total. The molecule has 7 heteroatoms. The van der Waals surface area contributed by atoms with Gasteiger partial charge in [-0.1, -0.05) is 0 Å². The minimum absolute atomic E-state index is 0.0520. The molecule has 3 heterocycles. The highest BCUT2D eigenvalue weighted by Gasteiger charge is 2.20. The summed E-state index contributed by atoms with van der Waals surface area (Å²) in [5.74, 6) is -0.0520. The summed E-state index contributed by atoms with van der Waals surface area (Å²) in [4.78, 5) is 18.3. The fourth-order valence-corrected chi connectivity index (χ4v) is 4.09. The predicted molar refractivity (Wildman–Crippen MR) is 97.5 cm³/mol. The molecule has 3 aromatic heterocycles. The van der Waals surface area contributed by atoms with E-state index in [-0.39, 0.29) is 18.5 Å². The Kier molecular flexibility index (Phi) is 5.11. The first-order valence-electron chi connectivity index (χ1n) is 7.74. The number of aryl methyl sites for hydroxylation is 3. The van der Waals surface area contributed by atoms with Crippen LogP contribution in [0.25, 0.3) is 0 Å².